The largest absolute Gasteiger partial charge is 0.235 e. The van der Waals surface area contributed by atoms with Crippen LogP contribution in [0.25, 0.3) is 52.4 Å². The summed E-state index contributed by atoms with van der Waals surface area (Å²) in [6.07, 6.45) is 0. The van der Waals surface area contributed by atoms with Crippen LogP contribution in [0.4, 0.5) is 0 Å². The van der Waals surface area contributed by atoms with Gasteiger partial charge in [0.2, 0.25) is 0 Å². The number of fused-ring (bicyclic) bond motifs is 2. The molecule has 150 valence electrons. The zero-order valence-electron chi connectivity index (χ0n) is 17.2. The molecule has 0 fully saturated rings. The molecule has 0 atom stereocenters. The van der Waals surface area contributed by atoms with Crippen molar-refractivity contribution >= 4 is 54.2 Å². The molecule has 0 saturated heterocycles. The highest BCUT2D eigenvalue weighted by Gasteiger charge is 2.24. The number of thiazole rings is 1. The van der Waals surface area contributed by atoms with E-state index >= 15 is 0 Å². The highest BCUT2D eigenvalue weighted by molar-refractivity contribution is 7.22. The molecule has 0 unspecified atom stereocenters. The Morgan fingerprint density at radius 1 is 0.581 bits per heavy atom. The van der Waals surface area contributed by atoms with Gasteiger partial charge in [-0.05, 0) is 26.0 Å². The Labute approximate surface area is 193 Å². The van der Waals surface area contributed by atoms with Crippen LogP contribution in [0.5, 0.6) is 0 Å². The second kappa shape index (κ2) is 7.41. The Morgan fingerprint density at radius 2 is 1.13 bits per heavy atom. The van der Waals surface area contributed by atoms with Crippen molar-refractivity contribution < 1.29 is 0 Å². The minimum atomic E-state index is 1.08. The molecule has 0 aliphatic carbocycles. The minimum absolute atomic E-state index is 1.08. The number of hydrogen-bond donors (Lipinski definition) is 0. The van der Waals surface area contributed by atoms with Crippen LogP contribution in [-0.2, 0) is 0 Å². The zero-order valence-corrected chi connectivity index (χ0v) is 19.6. The van der Waals surface area contributed by atoms with E-state index in [2.05, 4.69) is 92.7 Å². The smallest absolute Gasteiger partial charge is 0.124 e. The maximum Gasteiger partial charge on any atom is 0.124 e. The van der Waals surface area contributed by atoms with Crippen molar-refractivity contribution in [1.29, 1.82) is 0 Å². The van der Waals surface area contributed by atoms with Crippen LogP contribution >= 0.6 is 34.0 Å². The summed E-state index contributed by atoms with van der Waals surface area (Å²) in [5, 5.41) is 3.70. The summed E-state index contributed by atoms with van der Waals surface area (Å²) in [6, 6.07) is 28.0. The lowest BCUT2D eigenvalue weighted by Gasteiger charge is -2.04. The molecule has 31 heavy (non-hydrogen) atoms. The molecular formula is C27H19NS3. The Balaban J connectivity index is 1.70. The highest BCUT2D eigenvalue weighted by Crippen LogP contribution is 2.50. The van der Waals surface area contributed by atoms with Crippen molar-refractivity contribution in [2.24, 2.45) is 0 Å². The van der Waals surface area contributed by atoms with Gasteiger partial charge in [-0.3, -0.25) is 0 Å². The van der Waals surface area contributed by atoms with Crippen molar-refractivity contribution in [1.82, 2.24) is 4.98 Å². The van der Waals surface area contributed by atoms with Gasteiger partial charge in [0.1, 0.15) is 5.01 Å². The van der Waals surface area contributed by atoms with E-state index < -0.39 is 0 Å². The third-order valence-corrected chi connectivity index (χ3v) is 8.95. The summed E-state index contributed by atoms with van der Waals surface area (Å²) in [6.45, 7) is 4.47. The first-order valence-electron chi connectivity index (χ1n) is 10.2. The van der Waals surface area contributed by atoms with Gasteiger partial charge in [0, 0.05) is 46.6 Å². The van der Waals surface area contributed by atoms with Gasteiger partial charge in [0.25, 0.3) is 0 Å². The topological polar surface area (TPSA) is 12.9 Å². The van der Waals surface area contributed by atoms with Crippen molar-refractivity contribution in [3.8, 4) is 32.3 Å². The molecule has 3 aromatic carbocycles. The number of hydrogen-bond acceptors (Lipinski definition) is 4. The lowest BCUT2D eigenvalue weighted by Crippen LogP contribution is -1.84. The molecule has 4 heteroatoms. The molecule has 0 amide bonds. The molecule has 6 rings (SSSR count). The molecule has 6 aromatic rings. The normalized spacial score (nSPS) is 11.5. The summed E-state index contributed by atoms with van der Waals surface area (Å²) in [5.41, 5.74) is 4.91. The van der Waals surface area contributed by atoms with Gasteiger partial charge in [-0.2, -0.15) is 0 Å². The van der Waals surface area contributed by atoms with Crippen molar-refractivity contribution in [2.45, 2.75) is 13.8 Å². The molecule has 0 N–H and O–H groups in total. The van der Waals surface area contributed by atoms with Gasteiger partial charge in [0.05, 0.1) is 10.6 Å². The Kier molecular flexibility index (Phi) is 4.53. The van der Waals surface area contributed by atoms with Crippen molar-refractivity contribution in [3.63, 3.8) is 0 Å². The fourth-order valence-electron chi connectivity index (χ4n) is 4.28. The Bertz CT molecular complexity index is 1450. The first kappa shape index (κ1) is 18.9. The standard InChI is InChI=1S/C27H19NS3/c1-16-23(19-12-6-8-14-21(19)29-16)25-26(31-27(28-25)18-10-4-3-5-11-18)24-17(2)30-22-15-9-7-13-20(22)24/h3-15H,1-2H3. The third-order valence-electron chi connectivity index (χ3n) is 5.65. The van der Waals surface area contributed by atoms with E-state index in [0.717, 1.165) is 10.7 Å². The van der Waals surface area contributed by atoms with E-state index in [0.29, 0.717) is 0 Å². The van der Waals surface area contributed by atoms with Gasteiger partial charge in [-0.25, -0.2) is 4.98 Å². The number of nitrogens with zero attached hydrogens (tertiary/aromatic N) is 1. The first-order valence-corrected chi connectivity index (χ1v) is 12.7. The first-order chi connectivity index (χ1) is 15.2. The van der Waals surface area contributed by atoms with Crippen LogP contribution in [0.2, 0.25) is 0 Å². The maximum absolute atomic E-state index is 5.27. The van der Waals surface area contributed by atoms with E-state index in [1.165, 1.54) is 51.5 Å². The third kappa shape index (κ3) is 3.06. The van der Waals surface area contributed by atoms with E-state index in [1.54, 1.807) is 0 Å². The molecule has 0 radical (unpaired) electrons. The molecule has 3 aromatic heterocycles. The van der Waals surface area contributed by atoms with Gasteiger partial charge >= 0.3 is 0 Å². The van der Waals surface area contributed by atoms with Gasteiger partial charge in [-0.15, -0.1) is 34.0 Å². The molecule has 0 spiro atoms. The molecule has 0 bridgehead atoms. The van der Waals surface area contributed by atoms with E-state index in [-0.39, 0.29) is 0 Å². The lowest BCUT2D eigenvalue weighted by molar-refractivity contribution is 1.40. The summed E-state index contributed by atoms with van der Waals surface area (Å²) < 4.78 is 2.66. The second-order valence-electron chi connectivity index (χ2n) is 7.62. The Morgan fingerprint density at radius 3 is 1.81 bits per heavy atom. The van der Waals surface area contributed by atoms with E-state index in [4.69, 9.17) is 4.98 Å². The Hall–Kier alpha value is -2.79. The maximum atomic E-state index is 5.27. The van der Waals surface area contributed by atoms with Crippen LogP contribution < -0.4 is 0 Å². The van der Waals surface area contributed by atoms with Crippen molar-refractivity contribution in [2.75, 3.05) is 0 Å². The van der Waals surface area contributed by atoms with Crippen LogP contribution in [0.1, 0.15) is 9.75 Å². The highest BCUT2D eigenvalue weighted by atomic mass is 32.1. The average molecular weight is 454 g/mol. The molecule has 3 heterocycles. The second-order valence-corrected chi connectivity index (χ2v) is 11.1. The molecule has 0 aliphatic heterocycles. The molecular weight excluding hydrogens is 435 g/mol. The summed E-state index contributed by atoms with van der Waals surface area (Å²) in [5.74, 6) is 0. The minimum Gasteiger partial charge on any atom is -0.235 e. The zero-order chi connectivity index (χ0) is 20.9. The molecule has 0 aliphatic rings. The summed E-state index contributed by atoms with van der Waals surface area (Å²) in [4.78, 5) is 9.22. The fraction of sp³-hybridized carbons (Fsp3) is 0.0741. The summed E-state index contributed by atoms with van der Waals surface area (Å²) >= 11 is 5.55. The van der Waals surface area contributed by atoms with E-state index in [1.807, 2.05) is 34.0 Å². The number of aromatic nitrogens is 1. The van der Waals surface area contributed by atoms with Gasteiger partial charge < -0.3 is 0 Å². The molecule has 0 saturated carbocycles. The van der Waals surface area contributed by atoms with Crippen molar-refractivity contribution in [3.05, 3.63) is 88.6 Å². The SMILES string of the molecule is Cc1sc2ccccc2c1-c1nc(-c2ccccc2)sc1-c1c(C)sc2ccccc12. The van der Waals surface area contributed by atoms with Crippen LogP contribution in [0.3, 0.4) is 0 Å². The number of aryl methyl sites for hydroxylation is 2. The quantitative estimate of drug-likeness (QED) is 0.260. The average Bonchev–Trinajstić information content (AvgIpc) is 3.45. The summed E-state index contributed by atoms with van der Waals surface area (Å²) in [7, 11) is 0. The monoisotopic (exact) mass is 453 g/mol. The van der Waals surface area contributed by atoms with E-state index in [9.17, 15) is 0 Å². The van der Waals surface area contributed by atoms with Crippen LogP contribution in [-0.4, -0.2) is 4.98 Å². The number of benzene rings is 3. The number of rotatable bonds is 3. The van der Waals surface area contributed by atoms with Crippen LogP contribution in [0, 0.1) is 13.8 Å². The number of thiophene rings is 2. The lowest BCUT2D eigenvalue weighted by atomic mass is 10.0. The van der Waals surface area contributed by atoms with Crippen LogP contribution in [0.15, 0.2) is 78.9 Å². The predicted molar refractivity (Wildman–Crippen MR) is 139 cm³/mol. The molecule has 1 nitrogen and oxygen atoms in total. The predicted octanol–water partition coefficient (Wildman–Crippen LogP) is 9.19. The van der Waals surface area contributed by atoms with Gasteiger partial charge in [0.15, 0.2) is 0 Å². The fourth-order valence-corrected chi connectivity index (χ4v) is 7.67. The van der Waals surface area contributed by atoms with Gasteiger partial charge in [-0.1, -0.05) is 66.7 Å².